The smallest absolute Gasteiger partial charge is 0.322 e. The third-order valence-corrected chi connectivity index (χ3v) is 3.59. The summed E-state index contributed by atoms with van der Waals surface area (Å²) in [6, 6.07) is 12.7. The lowest BCUT2D eigenvalue weighted by Crippen LogP contribution is -2.13. The third kappa shape index (κ3) is 3.45. The van der Waals surface area contributed by atoms with Gasteiger partial charge in [-0.2, -0.15) is 0 Å². The Morgan fingerprint density at radius 3 is 2.48 bits per heavy atom. The van der Waals surface area contributed by atoms with Crippen LogP contribution >= 0.6 is 0 Å². The molecule has 1 amide bonds. The molecule has 0 saturated heterocycles. The summed E-state index contributed by atoms with van der Waals surface area (Å²) in [6.45, 7) is 1.99. The van der Waals surface area contributed by atoms with Crippen LogP contribution in [0.4, 0.5) is 6.01 Å². The second-order valence-electron chi connectivity index (χ2n) is 5.27. The molecule has 25 heavy (non-hydrogen) atoms. The maximum atomic E-state index is 12.5. The molecule has 0 aliphatic rings. The molecule has 0 spiro atoms. The molecule has 3 aromatic rings. The zero-order chi connectivity index (χ0) is 17.8. The Kier molecular flexibility index (Phi) is 4.65. The summed E-state index contributed by atoms with van der Waals surface area (Å²) in [7, 11) is 2.97. The Morgan fingerprint density at radius 1 is 1.04 bits per heavy atom. The monoisotopic (exact) mass is 339 g/mol. The molecular weight excluding hydrogens is 322 g/mol. The number of para-hydroxylation sites is 1. The van der Waals surface area contributed by atoms with Gasteiger partial charge in [0.05, 0.1) is 19.8 Å². The fourth-order valence-corrected chi connectivity index (χ4v) is 2.32. The van der Waals surface area contributed by atoms with Crippen LogP contribution in [0.2, 0.25) is 0 Å². The van der Waals surface area contributed by atoms with Crippen molar-refractivity contribution in [2.24, 2.45) is 0 Å². The molecule has 128 valence electrons. The lowest BCUT2D eigenvalue weighted by molar-refractivity contribution is 0.102. The first-order valence-corrected chi connectivity index (χ1v) is 7.55. The average molecular weight is 339 g/mol. The fraction of sp³-hybridized carbons (Fsp3) is 0.167. The second-order valence-corrected chi connectivity index (χ2v) is 5.27. The van der Waals surface area contributed by atoms with E-state index in [2.05, 4.69) is 15.5 Å². The normalized spacial score (nSPS) is 10.4. The lowest BCUT2D eigenvalue weighted by Gasteiger charge is -2.11. The number of nitrogens with zero attached hydrogens (tertiary/aromatic N) is 2. The largest absolute Gasteiger partial charge is 0.493 e. The van der Waals surface area contributed by atoms with Crippen molar-refractivity contribution in [2.75, 3.05) is 19.5 Å². The number of ether oxygens (including phenoxy) is 2. The van der Waals surface area contributed by atoms with Crippen molar-refractivity contribution in [3.05, 3.63) is 53.6 Å². The first kappa shape index (κ1) is 16.5. The zero-order valence-electron chi connectivity index (χ0n) is 14.1. The van der Waals surface area contributed by atoms with Gasteiger partial charge in [-0.1, -0.05) is 28.9 Å². The summed E-state index contributed by atoms with van der Waals surface area (Å²) in [5, 5.41) is 10.4. The predicted octanol–water partition coefficient (Wildman–Crippen LogP) is 3.31. The number of hydrogen-bond acceptors (Lipinski definition) is 6. The highest BCUT2D eigenvalue weighted by Gasteiger charge is 2.19. The summed E-state index contributed by atoms with van der Waals surface area (Å²) >= 11 is 0. The summed E-state index contributed by atoms with van der Waals surface area (Å²) in [4.78, 5) is 12.5. The molecule has 0 bridgehead atoms. The highest BCUT2D eigenvalue weighted by Crippen LogP contribution is 2.31. The molecule has 7 nitrogen and oxygen atoms in total. The van der Waals surface area contributed by atoms with Crippen molar-refractivity contribution >= 4 is 11.9 Å². The van der Waals surface area contributed by atoms with Crippen molar-refractivity contribution in [3.8, 4) is 23.0 Å². The van der Waals surface area contributed by atoms with Gasteiger partial charge in [0.1, 0.15) is 0 Å². The number of benzene rings is 2. The minimum Gasteiger partial charge on any atom is -0.493 e. The van der Waals surface area contributed by atoms with E-state index in [1.165, 1.54) is 14.2 Å². The number of amides is 1. The number of methoxy groups -OCH3 is 2. The van der Waals surface area contributed by atoms with Crippen LogP contribution < -0.4 is 14.8 Å². The van der Waals surface area contributed by atoms with Crippen LogP contribution in [0.3, 0.4) is 0 Å². The highest BCUT2D eigenvalue weighted by atomic mass is 16.5. The number of hydrogen-bond donors (Lipinski definition) is 1. The zero-order valence-corrected chi connectivity index (χ0v) is 14.1. The summed E-state index contributed by atoms with van der Waals surface area (Å²) in [5.41, 5.74) is 2.21. The van der Waals surface area contributed by atoms with Gasteiger partial charge in [-0.3, -0.25) is 10.1 Å². The highest BCUT2D eigenvalue weighted by molar-refractivity contribution is 6.05. The van der Waals surface area contributed by atoms with E-state index in [1.54, 1.807) is 18.2 Å². The van der Waals surface area contributed by atoms with E-state index in [1.807, 2.05) is 31.2 Å². The molecule has 7 heteroatoms. The van der Waals surface area contributed by atoms with Gasteiger partial charge in [-0.15, -0.1) is 5.10 Å². The Labute approximate surface area is 144 Å². The molecule has 0 aliphatic carbocycles. The maximum Gasteiger partial charge on any atom is 0.322 e. The molecule has 1 N–H and O–H groups in total. The molecule has 0 radical (unpaired) electrons. The molecule has 1 aromatic heterocycles. The van der Waals surface area contributed by atoms with Crippen LogP contribution in [0.25, 0.3) is 11.5 Å². The van der Waals surface area contributed by atoms with Gasteiger partial charge in [0.15, 0.2) is 11.5 Å². The van der Waals surface area contributed by atoms with Gasteiger partial charge < -0.3 is 13.9 Å². The molecule has 0 fully saturated rings. The first-order chi connectivity index (χ1) is 12.1. The maximum absolute atomic E-state index is 12.5. The number of anilines is 1. The van der Waals surface area contributed by atoms with E-state index < -0.39 is 5.91 Å². The van der Waals surface area contributed by atoms with E-state index in [0.29, 0.717) is 23.0 Å². The molecule has 0 saturated carbocycles. The molecule has 0 aliphatic heterocycles. The van der Waals surface area contributed by atoms with E-state index in [9.17, 15) is 4.79 Å². The Bertz CT molecular complexity index is 888. The summed E-state index contributed by atoms with van der Waals surface area (Å²) in [5.74, 6) is 0.685. The van der Waals surface area contributed by atoms with Crippen molar-refractivity contribution in [3.63, 3.8) is 0 Å². The Hall–Kier alpha value is -3.35. The Balaban J connectivity index is 1.82. The summed E-state index contributed by atoms with van der Waals surface area (Å²) < 4.78 is 16.0. The number of nitrogens with one attached hydrogen (secondary N) is 1. The van der Waals surface area contributed by atoms with Gasteiger partial charge >= 0.3 is 6.01 Å². The lowest BCUT2D eigenvalue weighted by atomic mass is 10.1. The minimum atomic E-state index is -0.435. The standard InChI is InChI=1S/C18H17N3O4/c1-11-7-9-12(10-8-11)17-20-21-18(25-17)19-16(22)13-5-4-6-14(23-2)15(13)24-3/h4-10H,1-3H3,(H,19,21,22). The number of rotatable bonds is 5. The van der Waals surface area contributed by atoms with Crippen molar-refractivity contribution in [1.29, 1.82) is 0 Å². The summed E-state index contributed by atoms with van der Waals surface area (Å²) in [6.07, 6.45) is 0. The van der Waals surface area contributed by atoms with Crippen LogP contribution in [0, 0.1) is 6.92 Å². The van der Waals surface area contributed by atoms with Crippen LogP contribution in [-0.4, -0.2) is 30.3 Å². The van der Waals surface area contributed by atoms with E-state index in [-0.39, 0.29) is 6.01 Å². The van der Waals surface area contributed by atoms with E-state index >= 15 is 0 Å². The number of aryl methyl sites for hydroxylation is 1. The van der Waals surface area contributed by atoms with Gasteiger partial charge in [-0.05, 0) is 31.2 Å². The quantitative estimate of drug-likeness (QED) is 0.767. The molecule has 2 aromatic carbocycles. The van der Waals surface area contributed by atoms with Crippen molar-refractivity contribution in [2.45, 2.75) is 6.92 Å². The van der Waals surface area contributed by atoms with E-state index in [4.69, 9.17) is 13.9 Å². The molecule has 0 atom stereocenters. The number of aromatic nitrogens is 2. The molecule has 1 heterocycles. The van der Waals surface area contributed by atoms with E-state index in [0.717, 1.165) is 11.1 Å². The average Bonchev–Trinajstić information content (AvgIpc) is 3.09. The topological polar surface area (TPSA) is 86.5 Å². The minimum absolute atomic E-state index is 0.00504. The Morgan fingerprint density at radius 2 is 1.80 bits per heavy atom. The van der Waals surface area contributed by atoms with Crippen LogP contribution in [0.1, 0.15) is 15.9 Å². The van der Waals surface area contributed by atoms with Gasteiger partial charge in [0.2, 0.25) is 5.89 Å². The molecule has 0 unspecified atom stereocenters. The molecular formula is C18H17N3O4. The van der Waals surface area contributed by atoms with Gasteiger partial charge in [0, 0.05) is 5.56 Å². The second kappa shape index (κ2) is 7.04. The number of carbonyl (C=O) groups excluding carboxylic acids is 1. The van der Waals surface area contributed by atoms with Crippen molar-refractivity contribution < 1.29 is 18.7 Å². The van der Waals surface area contributed by atoms with Crippen LogP contribution in [0.15, 0.2) is 46.9 Å². The van der Waals surface area contributed by atoms with Crippen LogP contribution in [0.5, 0.6) is 11.5 Å². The first-order valence-electron chi connectivity index (χ1n) is 7.55. The van der Waals surface area contributed by atoms with Gasteiger partial charge in [-0.25, -0.2) is 0 Å². The fourth-order valence-electron chi connectivity index (χ4n) is 2.32. The third-order valence-electron chi connectivity index (χ3n) is 3.59. The predicted molar refractivity (Wildman–Crippen MR) is 92.0 cm³/mol. The van der Waals surface area contributed by atoms with Gasteiger partial charge in [0.25, 0.3) is 5.91 Å². The molecule has 3 rings (SSSR count). The SMILES string of the molecule is COc1cccc(C(=O)Nc2nnc(-c3ccc(C)cc3)o2)c1OC. The van der Waals surface area contributed by atoms with Crippen LogP contribution in [-0.2, 0) is 0 Å². The number of carbonyl (C=O) groups is 1. The van der Waals surface area contributed by atoms with Crippen molar-refractivity contribution in [1.82, 2.24) is 10.2 Å².